The monoisotopic (exact) mass is 559 g/mol. The number of carbonyl (C=O) groups excluding carboxylic acids is 2. The zero-order valence-corrected chi connectivity index (χ0v) is 20.5. The highest BCUT2D eigenvalue weighted by atomic mass is 127. The van der Waals surface area contributed by atoms with Gasteiger partial charge in [-0.25, -0.2) is 0 Å². The Kier molecular flexibility index (Phi) is 7.49. The van der Waals surface area contributed by atoms with E-state index >= 15 is 0 Å². The molecule has 3 aromatic rings. The molecule has 1 fully saturated rings. The van der Waals surface area contributed by atoms with Crippen LogP contribution in [0.3, 0.4) is 0 Å². The van der Waals surface area contributed by atoms with E-state index in [2.05, 4.69) is 46.9 Å². The summed E-state index contributed by atoms with van der Waals surface area (Å²) in [6.07, 6.45) is 2.39. The van der Waals surface area contributed by atoms with Crippen LogP contribution in [0.15, 0.2) is 65.6 Å². The van der Waals surface area contributed by atoms with Crippen LogP contribution in [-0.4, -0.2) is 36.3 Å². The van der Waals surface area contributed by atoms with Gasteiger partial charge >= 0.3 is 0 Å². The van der Waals surface area contributed by atoms with Gasteiger partial charge in [-0.1, -0.05) is 48.5 Å². The zero-order chi connectivity index (χ0) is 22.5. The van der Waals surface area contributed by atoms with Gasteiger partial charge in [0.05, 0.1) is 8.48 Å². The quantitative estimate of drug-likeness (QED) is 0.190. The lowest BCUT2D eigenvalue weighted by Gasteiger charge is -2.12. The Morgan fingerprint density at radius 1 is 1.06 bits per heavy atom. The number of nitrogens with zero attached hydrogens (tertiary/aromatic N) is 1. The van der Waals surface area contributed by atoms with Crippen molar-refractivity contribution in [1.82, 2.24) is 4.90 Å². The largest absolute Gasteiger partial charge is 0.488 e. The van der Waals surface area contributed by atoms with Crippen molar-refractivity contribution in [3.8, 4) is 5.75 Å². The number of halogens is 1. The smallest absolute Gasteiger partial charge is 0.293 e. The summed E-state index contributed by atoms with van der Waals surface area (Å²) >= 11 is 3.21. The molecule has 3 aromatic carbocycles. The summed E-state index contributed by atoms with van der Waals surface area (Å²) in [4.78, 5) is 26.5. The van der Waals surface area contributed by atoms with E-state index in [1.807, 2.05) is 36.4 Å². The van der Waals surface area contributed by atoms with Crippen molar-refractivity contribution in [3.63, 3.8) is 0 Å². The van der Waals surface area contributed by atoms with Crippen LogP contribution in [0.4, 0.5) is 4.79 Å². The number of rotatable bonds is 8. The third-order valence-electron chi connectivity index (χ3n) is 5.12. The fourth-order valence-electron chi connectivity index (χ4n) is 3.51. The number of fused-ring (bicyclic) bond motifs is 1. The highest BCUT2D eigenvalue weighted by Gasteiger charge is 2.34. The van der Waals surface area contributed by atoms with Gasteiger partial charge in [-0.2, -0.15) is 0 Å². The Labute approximate surface area is 204 Å². The first kappa shape index (κ1) is 22.8. The molecule has 32 heavy (non-hydrogen) atoms. The van der Waals surface area contributed by atoms with Crippen LogP contribution in [0.1, 0.15) is 17.5 Å². The molecule has 0 aromatic heterocycles. The van der Waals surface area contributed by atoms with Gasteiger partial charge in [0.2, 0.25) is 0 Å². The summed E-state index contributed by atoms with van der Waals surface area (Å²) in [5.41, 5.74) is 1.99. The predicted octanol–water partition coefficient (Wildman–Crippen LogP) is 6.10. The second-order valence-corrected chi connectivity index (χ2v) is 9.45. The van der Waals surface area contributed by atoms with E-state index in [9.17, 15) is 9.59 Å². The Morgan fingerprint density at radius 3 is 2.69 bits per heavy atom. The average molecular weight is 559 g/mol. The molecule has 1 aliphatic rings. The normalized spacial score (nSPS) is 15.2. The summed E-state index contributed by atoms with van der Waals surface area (Å²) in [6, 6.07) is 20.2. The van der Waals surface area contributed by atoms with Gasteiger partial charge in [0, 0.05) is 20.3 Å². The Balaban J connectivity index is 1.45. The number of thioether (sulfide) groups is 1. The molecule has 0 N–H and O–H groups in total. The molecule has 1 saturated heterocycles. The number of hydrogen-bond acceptors (Lipinski definition) is 5. The van der Waals surface area contributed by atoms with E-state index in [1.54, 1.807) is 13.2 Å². The first-order valence-electron chi connectivity index (χ1n) is 10.2. The van der Waals surface area contributed by atoms with Gasteiger partial charge < -0.3 is 9.47 Å². The van der Waals surface area contributed by atoms with Gasteiger partial charge in [0.25, 0.3) is 11.1 Å². The SMILES string of the molecule is COCCCN1C(=O)S/C(=C/c2ccc(OCc3cccc4ccccc34)c(I)c2)C1=O. The fourth-order valence-corrected chi connectivity index (χ4v) is 5.07. The number of benzene rings is 3. The van der Waals surface area contributed by atoms with E-state index in [1.165, 1.54) is 15.7 Å². The molecule has 0 unspecified atom stereocenters. The predicted molar refractivity (Wildman–Crippen MR) is 137 cm³/mol. The molecule has 0 radical (unpaired) electrons. The maximum absolute atomic E-state index is 12.6. The molecule has 2 amide bonds. The second-order valence-electron chi connectivity index (χ2n) is 7.30. The topological polar surface area (TPSA) is 55.8 Å². The van der Waals surface area contributed by atoms with Crippen molar-refractivity contribution < 1.29 is 19.1 Å². The number of carbonyl (C=O) groups is 2. The summed E-state index contributed by atoms with van der Waals surface area (Å²) < 4.78 is 12.0. The van der Waals surface area contributed by atoms with E-state index in [0.717, 1.165) is 32.2 Å². The number of ether oxygens (including phenoxy) is 2. The minimum absolute atomic E-state index is 0.234. The molecule has 0 aliphatic carbocycles. The van der Waals surface area contributed by atoms with Crippen molar-refractivity contribution >= 4 is 62.3 Å². The van der Waals surface area contributed by atoms with Crippen LogP contribution in [-0.2, 0) is 16.1 Å². The lowest BCUT2D eigenvalue weighted by Crippen LogP contribution is -2.29. The molecule has 5 nitrogen and oxygen atoms in total. The number of methoxy groups -OCH3 is 1. The molecule has 0 saturated carbocycles. The van der Waals surface area contributed by atoms with Gasteiger partial charge in [0.15, 0.2) is 0 Å². The van der Waals surface area contributed by atoms with Crippen LogP contribution in [0.25, 0.3) is 16.8 Å². The Morgan fingerprint density at radius 2 is 1.88 bits per heavy atom. The molecule has 0 bridgehead atoms. The first-order chi connectivity index (χ1) is 15.6. The van der Waals surface area contributed by atoms with Crippen molar-refractivity contribution in [3.05, 3.63) is 80.3 Å². The average Bonchev–Trinajstić information content (AvgIpc) is 3.06. The standard InChI is InChI=1S/C25H22INO4S/c1-30-13-5-12-27-24(28)23(32-25(27)29)15-17-10-11-22(21(26)14-17)31-16-19-8-4-7-18-6-2-3-9-20(18)19/h2-4,6-11,14-15H,5,12-13,16H2,1H3/b23-15+. The lowest BCUT2D eigenvalue weighted by atomic mass is 10.1. The van der Waals surface area contributed by atoms with Crippen LogP contribution in [0.5, 0.6) is 5.75 Å². The second kappa shape index (κ2) is 10.5. The van der Waals surface area contributed by atoms with Crippen molar-refractivity contribution in [1.29, 1.82) is 0 Å². The zero-order valence-electron chi connectivity index (χ0n) is 17.5. The molecule has 164 valence electrons. The van der Waals surface area contributed by atoms with Crippen LogP contribution in [0.2, 0.25) is 0 Å². The summed E-state index contributed by atoms with van der Waals surface area (Å²) in [5, 5.41) is 2.14. The van der Waals surface area contributed by atoms with Gasteiger partial charge in [-0.05, 0) is 80.9 Å². The number of imide groups is 1. The molecule has 1 aliphatic heterocycles. The number of hydrogen-bond donors (Lipinski definition) is 0. The van der Waals surface area contributed by atoms with Crippen molar-refractivity contribution in [2.75, 3.05) is 20.3 Å². The van der Waals surface area contributed by atoms with Crippen molar-refractivity contribution in [2.45, 2.75) is 13.0 Å². The molecular weight excluding hydrogens is 537 g/mol. The Hall–Kier alpha value is -2.36. The molecule has 7 heteroatoms. The maximum atomic E-state index is 12.6. The molecule has 1 heterocycles. The minimum atomic E-state index is -0.248. The number of amides is 2. The maximum Gasteiger partial charge on any atom is 0.293 e. The van der Waals surface area contributed by atoms with E-state index in [-0.39, 0.29) is 11.1 Å². The highest BCUT2D eigenvalue weighted by Crippen LogP contribution is 2.33. The Bertz CT molecular complexity index is 1190. The van der Waals surface area contributed by atoms with Crippen LogP contribution in [0, 0.1) is 3.57 Å². The molecule has 0 atom stereocenters. The van der Waals surface area contributed by atoms with Crippen LogP contribution < -0.4 is 4.74 Å². The summed E-state index contributed by atoms with van der Waals surface area (Å²) in [7, 11) is 1.60. The lowest BCUT2D eigenvalue weighted by molar-refractivity contribution is -0.122. The molecule has 0 spiro atoms. The summed E-state index contributed by atoms with van der Waals surface area (Å²) in [5.74, 6) is 0.533. The summed E-state index contributed by atoms with van der Waals surface area (Å²) in [6.45, 7) is 1.35. The molecule has 4 rings (SSSR count). The van der Waals surface area contributed by atoms with E-state index < -0.39 is 0 Å². The van der Waals surface area contributed by atoms with Gasteiger partial charge in [-0.15, -0.1) is 0 Å². The first-order valence-corrected chi connectivity index (χ1v) is 12.1. The van der Waals surface area contributed by atoms with Crippen molar-refractivity contribution in [2.24, 2.45) is 0 Å². The fraction of sp³-hybridized carbons (Fsp3) is 0.200. The van der Waals surface area contributed by atoms with Gasteiger partial charge in [0.1, 0.15) is 12.4 Å². The van der Waals surface area contributed by atoms with Gasteiger partial charge in [-0.3, -0.25) is 14.5 Å². The van der Waals surface area contributed by atoms with E-state index in [4.69, 9.17) is 9.47 Å². The highest BCUT2D eigenvalue weighted by molar-refractivity contribution is 14.1. The van der Waals surface area contributed by atoms with E-state index in [0.29, 0.717) is 31.1 Å². The molecular formula is C25H22INO4S. The minimum Gasteiger partial charge on any atom is -0.488 e. The third kappa shape index (κ3) is 5.16. The third-order valence-corrected chi connectivity index (χ3v) is 6.87. The van der Waals surface area contributed by atoms with Crippen LogP contribution >= 0.6 is 34.4 Å².